The van der Waals surface area contributed by atoms with Crippen LogP contribution in [0.15, 0.2) is 12.4 Å². The van der Waals surface area contributed by atoms with Gasteiger partial charge >= 0.3 is 0 Å². The van der Waals surface area contributed by atoms with Crippen molar-refractivity contribution in [2.45, 2.75) is 26.7 Å². The summed E-state index contributed by atoms with van der Waals surface area (Å²) in [6, 6.07) is 0. The molecule has 0 saturated carbocycles. The van der Waals surface area contributed by atoms with Gasteiger partial charge in [0.1, 0.15) is 5.82 Å². The molecule has 2 rings (SSSR count). The third-order valence-electron chi connectivity index (χ3n) is 4.30. The molecule has 0 bridgehead atoms. The molecule has 0 radical (unpaired) electrons. The summed E-state index contributed by atoms with van der Waals surface area (Å²) in [7, 11) is 1.97. The summed E-state index contributed by atoms with van der Waals surface area (Å²) in [6.07, 6.45) is 5.41. The summed E-state index contributed by atoms with van der Waals surface area (Å²) in [5.41, 5.74) is -0.234. The lowest BCUT2D eigenvalue weighted by Gasteiger charge is -2.31. The highest BCUT2D eigenvalue weighted by atomic mass is 16.2. The maximum Gasteiger partial charge on any atom is 0.227 e. The summed E-state index contributed by atoms with van der Waals surface area (Å²) in [4.78, 5) is 16.7. The number of aryl methyl sites for hydroxylation is 1. The number of aromatic nitrogens is 2. The first-order valence-corrected chi connectivity index (χ1v) is 7.01. The molecule has 1 aliphatic heterocycles. The van der Waals surface area contributed by atoms with Gasteiger partial charge in [-0.05, 0) is 18.9 Å². The number of amides is 1. The molecule has 19 heavy (non-hydrogen) atoms. The number of nitrogens with one attached hydrogen (secondary N) is 2. The van der Waals surface area contributed by atoms with Gasteiger partial charge in [0.25, 0.3) is 0 Å². The molecule has 5 heteroatoms. The van der Waals surface area contributed by atoms with Gasteiger partial charge in [0, 0.05) is 39.0 Å². The van der Waals surface area contributed by atoms with Crippen LogP contribution in [-0.4, -0.2) is 35.1 Å². The average Bonchev–Trinajstić information content (AvgIpc) is 2.99. The second-order valence-corrected chi connectivity index (χ2v) is 5.70. The first kappa shape index (κ1) is 14.1. The van der Waals surface area contributed by atoms with Crippen LogP contribution in [0.5, 0.6) is 0 Å². The van der Waals surface area contributed by atoms with Gasteiger partial charge in [0.15, 0.2) is 0 Å². The smallest absolute Gasteiger partial charge is 0.227 e. The Morgan fingerprint density at radius 2 is 2.42 bits per heavy atom. The standard InChI is InChI=1S/C14H24N4O/c1-11(2)14(5-7-15-10-14)13(19)17-6-4-12-16-8-9-18(12)3/h8-9,11,15H,4-7,10H2,1-3H3,(H,17,19). The normalized spacial score (nSPS) is 22.9. The summed E-state index contributed by atoms with van der Waals surface area (Å²) in [5.74, 6) is 1.54. The number of hydrogen-bond acceptors (Lipinski definition) is 3. The van der Waals surface area contributed by atoms with Crippen molar-refractivity contribution in [2.75, 3.05) is 19.6 Å². The quantitative estimate of drug-likeness (QED) is 0.823. The van der Waals surface area contributed by atoms with Crippen molar-refractivity contribution in [3.05, 3.63) is 18.2 Å². The number of carbonyl (C=O) groups is 1. The van der Waals surface area contributed by atoms with E-state index in [1.165, 1.54) is 0 Å². The zero-order chi connectivity index (χ0) is 13.9. The molecule has 106 valence electrons. The lowest BCUT2D eigenvalue weighted by Crippen LogP contribution is -2.46. The Morgan fingerprint density at radius 3 is 2.95 bits per heavy atom. The van der Waals surface area contributed by atoms with Gasteiger partial charge in [-0.2, -0.15) is 0 Å². The van der Waals surface area contributed by atoms with Crippen molar-refractivity contribution in [3.8, 4) is 0 Å². The molecule has 1 aliphatic rings. The second kappa shape index (κ2) is 5.74. The molecule has 2 heterocycles. The Balaban J connectivity index is 1.88. The van der Waals surface area contributed by atoms with E-state index < -0.39 is 0 Å². The van der Waals surface area contributed by atoms with E-state index in [2.05, 4.69) is 29.5 Å². The van der Waals surface area contributed by atoms with Crippen LogP contribution in [0, 0.1) is 11.3 Å². The van der Waals surface area contributed by atoms with Crippen molar-refractivity contribution in [1.82, 2.24) is 20.2 Å². The van der Waals surface area contributed by atoms with Gasteiger partial charge in [-0.3, -0.25) is 4.79 Å². The van der Waals surface area contributed by atoms with E-state index in [4.69, 9.17) is 0 Å². The maximum absolute atomic E-state index is 12.4. The predicted octanol–water partition coefficient (Wildman–Crippen LogP) is 0.715. The van der Waals surface area contributed by atoms with Gasteiger partial charge < -0.3 is 15.2 Å². The van der Waals surface area contributed by atoms with Gasteiger partial charge in [-0.1, -0.05) is 13.8 Å². The molecule has 5 nitrogen and oxygen atoms in total. The largest absolute Gasteiger partial charge is 0.355 e. The van der Waals surface area contributed by atoms with Gasteiger partial charge in [0.05, 0.1) is 5.41 Å². The summed E-state index contributed by atoms with van der Waals surface area (Å²) < 4.78 is 1.99. The molecular formula is C14H24N4O. The fourth-order valence-electron chi connectivity index (χ4n) is 2.76. The highest BCUT2D eigenvalue weighted by Gasteiger charge is 2.43. The predicted molar refractivity (Wildman–Crippen MR) is 74.7 cm³/mol. The van der Waals surface area contributed by atoms with E-state index in [1.807, 2.05) is 17.8 Å². The highest BCUT2D eigenvalue weighted by Crippen LogP contribution is 2.34. The minimum atomic E-state index is -0.234. The summed E-state index contributed by atoms with van der Waals surface area (Å²) >= 11 is 0. The van der Waals surface area contributed by atoms with E-state index in [-0.39, 0.29) is 11.3 Å². The van der Waals surface area contributed by atoms with E-state index in [0.29, 0.717) is 12.5 Å². The monoisotopic (exact) mass is 264 g/mol. The van der Waals surface area contributed by atoms with Crippen molar-refractivity contribution in [3.63, 3.8) is 0 Å². The number of rotatable bonds is 5. The third-order valence-corrected chi connectivity index (χ3v) is 4.30. The van der Waals surface area contributed by atoms with Gasteiger partial charge in [-0.25, -0.2) is 4.98 Å². The number of imidazole rings is 1. The first-order valence-electron chi connectivity index (χ1n) is 7.01. The van der Waals surface area contributed by atoms with Crippen LogP contribution in [0.1, 0.15) is 26.1 Å². The molecule has 0 aromatic carbocycles. The van der Waals surface area contributed by atoms with Crippen LogP contribution < -0.4 is 10.6 Å². The van der Waals surface area contributed by atoms with Crippen LogP contribution in [0.3, 0.4) is 0 Å². The van der Waals surface area contributed by atoms with E-state index >= 15 is 0 Å². The SMILES string of the molecule is CC(C)C1(C(=O)NCCc2nccn2C)CCNC1. The zero-order valence-electron chi connectivity index (χ0n) is 12.1. The molecule has 0 spiro atoms. The molecular weight excluding hydrogens is 240 g/mol. The first-order chi connectivity index (χ1) is 9.06. The Kier molecular flexibility index (Phi) is 4.24. The van der Waals surface area contributed by atoms with Crippen LogP contribution in [-0.2, 0) is 18.3 Å². The Labute approximate surface area is 114 Å². The molecule has 1 fully saturated rings. The van der Waals surface area contributed by atoms with Crippen LogP contribution in [0.25, 0.3) is 0 Å². The molecule has 1 aromatic rings. The molecule has 1 unspecified atom stereocenters. The minimum Gasteiger partial charge on any atom is -0.355 e. The maximum atomic E-state index is 12.4. The molecule has 1 atom stereocenters. The van der Waals surface area contributed by atoms with Crippen molar-refractivity contribution < 1.29 is 4.79 Å². The van der Waals surface area contributed by atoms with Gasteiger partial charge in [0.2, 0.25) is 5.91 Å². The molecule has 1 saturated heterocycles. The fraction of sp³-hybridized carbons (Fsp3) is 0.714. The van der Waals surface area contributed by atoms with Crippen molar-refractivity contribution in [2.24, 2.45) is 18.4 Å². The Morgan fingerprint density at radius 1 is 1.63 bits per heavy atom. The summed E-state index contributed by atoms with van der Waals surface area (Å²) in [6.45, 7) is 6.64. The zero-order valence-corrected chi connectivity index (χ0v) is 12.1. The van der Waals surface area contributed by atoms with E-state index in [9.17, 15) is 4.79 Å². The van der Waals surface area contributed by atoms with Crippen LogP contribution in [0.2, 0.25) is 0 Å². The van der Waals surface area contributed by atoms with Crippen molar-refractivity contribution in [1.29, 1.82) is 0 Å². The van der Waals surface area contributed by atoms with Crippen LogP contribution >= 0.6 is 0 Å². The van der Waals surface area contributed by atoms with E-state index in [0.717, 1.165) is 31.8 Å². The molecule has 1 aromatic heterocycles. The Hall–Kier alpha value is -1.36. The second-order valence-electron chi connectivity index (χ2n) is 5.70. The minimum absolute atomic E-state index is 0.182. The molecule has 2 N–H and O–H groups in total. The number of hydrogen-bond donors (Lipinski definition) is 2. The third kappa shape index (κ3) is 2.81. The molecule has 1 amide bonds. The van der Waals surface area contributed by atoms with Gasteiger partial charge in [-0.15, -0.1) is 0 Å². The lowest BCUT2D eigenvalue weighted by atomic mass is 9.75. The number of nitrogens with zero attached hydrogens (tertiary/aromatic N) is 2. The van der Waals surface area contributed by atoms with E-state index in [1.54, 1.807) is 6.20 Å². The van der Waals surface area contributed by atoms with Crippen molar-refractivity contribution >= 4 is 5.91 Å². The Bertz CT molecular complexity index is 432. The molecule has 0 aliphatic carbocycles. The highest BCUT2D eigenvalue weighted by molar-refractivity contribution is 5.83. The topological polar surface area (TPSA) is 59.0 Å². The summed E-state index contributed by atoms with van der Waals surface area (Å²) in [5, 5.41) is 6.39. The number of carbonyl (C=O) groups excluding carboxylic acids is 1. The van der Waals surface area contributed by atoms with Crippen LogP contribution in [0.4, 0.5) is 0 Å². The average molecular weight is 264 g/mol. The lowest BCUT2D eigenvalue weighted by molar-refractivity contribution is -0.132. The fourth-order valence-corrected chi connectivity index (χ4v) is 2.76.